The minimum Gasteiger partial charge on any atom is -0.368 e. The number of sulfonamides is 1. The lowest BCUT2D eigenvalue weighted by Gasteiger charge is -2.17. The molecular formula is C17H17ClF4N4O3S. The van der Waals surface area contributed by atoms with Gasteiger partial charge in [0, 0.05) is 18.4 Å². The van der Waals surface area contributed by atoms with Gasteiger partial charge in [-0.05, 0) is 32.0 Å². The van der Waals surface area contributed by atoms with E-state index in [0.717, 1.165) is 12.1 Å². The molecule has 3 N–H and O–H groups in total. The van der Waals surface area contributed by atoms with Crippen LogP contribution in [0.1, 0.15) is 30.1 Å². The summed E-state index contributed by atoms with van der Waals surface area (Å²) in [6.07, 6.45) is -6.44. The van der Waals surface area contributed by atoms with Gasteiger partial charge in [0.05, 0.1) is 16.3 Å². The Labute approximate surface area is 174 Å². The van der Waals surface area contributed by atoms with Gasteiger partial charge in [-0.15, -0.1) is 0 Å². The standard InChI is InChI=1S/C17H17ClF4N4O3S/c1-8-15(30(28,29)25-9(2)17(20,21)22)13(18)14(26(8)3)16(27)24-11-4-5-12(19)10(6-11)7-23/h4-6,9,16,24-25,27H,1-3H3/t9-,16?/m1/s1. The second-order valence-corrected chi connectivity index (χ2v) is 8.44. The molecule has 0 bridgehead atoms. The molecule has 1 unspecified atom stereocenters. The quantitative estimate of drug-likeness (QED) is 0.445. The van der Waals surface area contributed by atoms with Gasteiger partial charge in [-0.1, -0.05) is 11.6 Å². The highest BCUT2D eigenvalue weighted by molar-refractivity contribution is 7.89. The summed E-state index contributed by atoms with van der Waals surface area (Å²) < 4.78 is 79.5. The van der Waals surface area contributed by atoms with E-state index in [1.807, 2.05) is 0 Å². The fourth-order valence-corrected chi connectivity index (χ4v) is 4.91. The number of halogens is 5. The molecule has 0 radical (unpaired) electrons. The molecular weight excluding hydrogens is 452 g/mol. The van der Waals surface area contributed by atoms with Gasteiger partial charge in [-0.2, -0.15) is 23.2 Å². The van der Waals surface area contributed by atoms with Crippen molar-refractivity contribution >= 4 is 27.3 Å². The van der Waals surface area contributed by atoms with Crippen LogP contribution in [0.4, 0.5) is 23.2 Å². The lowest BCUT2D eigenvalue weighted by Crippen LogP contribution is -2.43. The molecule has 0 amide bonds. The zero-order valence-electron chi connectivity index (χ0n) is 15.8. The Morgan fingerprint density at radius 3 is 2.47 bits per heavy atom. The number of hydrogen-bond donors (Lipinski definition) is 3. The smallest absolute Gasteiger partial charge is 0.368 e. The van der Waals surface area contributed by atoms with Crippen LogP contribution in [0.15, 0.2) is 23.1 Å². The number of benzene rings is 1. The second kappa shape index (κ2) is 8.43. The number of aromatic nitrogens is 1. The van der Waals surface area contributed by atoms with Crippen molar-refractivity contribution in [1.29, 1.82) is 5.26 Å². The molecule has 1 aromatic carbocycles. The van der Waals surface area contributed by atoms with Gasteiger partial charge in [0.2, 0.25) is 10.0 Å². The van der Waals surface area contributed by atoms with E-state index in [0.29, 0.717) is 6.92 Å². The molecule has 2 rings (SSSR count). The maximum Gasteiger partial charge on any atom is 0.404 e. The number of nitrogens with zero attached hydrogens (tertiary/aromatic N) is 2. The molecule has 0 fully saturated rings. The third-order valence-corrected chi connectivity index (χ3v) is 6.55. The van der Waals surface area contributed by atoms with E-state index in [2.05, 4.69) is 5.32 Å². The topological polar surface area (TPSA) is 107 Å². The van der Waals surface area contributed by atoms with Crippen molar-refractivity contribution in [3.63, 3.8) is 0 Å². The second-order valence-electron chi connectivity index (χ2n) is 6.41. The van der Waals surface area contributed by atoms with E-state index < -0.39 is 44.2 Å². The van der Waals surface area contributed by atoms with Gasteiger partial charge in [-0.3, -0.25) is 0 Å². The zero-order valence-corrected chi connectivity index (χ0v) is 17.4. The number of nitrogens with one attached hydrogen (secondary N) is 2. The largest absolute Gasteiger partial charge is 0.404 e. The van der Waals surface area contributed by atoms with Crippen LogP contribution >= 0.6 is 11.6 Å². The fourth-order valence-electron chi connectivity index (χ4n) is 2.66. The summed E-state index contributed by atoms with van der Waals surface area (Å²) in [6.45, 7) is 1.95. The average Bonchev–Trinajstić information content (AvgIpc) is 2.84. The van der Waals surface area contributed by atoms with Crippen molar-refractivity contribution in [2.24, 2.45) is 7.05 Å². The van der Waals surface area contributed by atoms with Crippen molar-refractivity contribution in [2.45, 2.75) is 37.2 Å². The molecule has 13 heteroatoms. The van der Waals surface area contributed by atoms with Crippen molar-refractivity contribution in [3.05, 3.63) is 46.0 Å². The molecule has 0 aliphatic carbocycles. The van der Waals surface area contributed by atoms with E-state index in [1.54, 1.807) is 6.07 Å². The predicted octanol–water partition coefficient (Wildman–Crippen LogP) is 3.33. The van der Waals surface area contributed by atoms with Crippen LogP contribution in [0.25, 0.3) is 0 Å². The van der Waals surface area contributed by atoms with E-state index in [-0.39, 0.29) is 22.6 Å². The molecule has 2 atom stereocenters. The van der Waals surface area contributed by atoms with Crippen molar-refractivity contribution in [2.75, 3.05) is 5.32 Å². The Kier molecular flexibility index (Phi) is 6.72. The van der Waals surface area contributed by atoms with E-state index in [9.17, 15) is 31.1 Å². The molecule has 164 valence electrons. The highest BCUT2D eigenvalue weighted by Crippen LogP contribution is 2.36. The molecule has 0 saturated heterocycles. The SMILES string of the molecule is Cc1c(S(=O)(=O)N[C@H](C)C(F)(F)F)c(Cl)c(C(O)Nc2ccc(F)c(C#N)c2)n1C. The Bertz CT molecular complexity index is 1110. The summed E-state index contributed by atoms with van der Waals surface area (Å²) in [5.41, 5.74) is -0.342. The highest BCUT2D eigenvalue weighted by atomic mass is 35.5. The number of anilines is 1. The monoisotopic (exact) mass is 468 g/mol. The van der Waals surface area contributed by atoms with Crippen LogP contribution in [-0.2, 0) is 17.1 Å². The number of nitriles is 1. The van der Waals surface area contributed by atoms with Gasteiger partial charge in [0.1, 0.15) is 22.8 Å². The minimum absolute atomic E-state index is 0.0189. The first-order chi connectivity index (χ1) is 13.7. The molecule has 2 aromatic rings. The van der Waals surface area contributed by atoms with E-state index in [4.69, 9.17) is 16.9 Å². The van der Waals surface area contributed by atoms with Gasteiger partial charge in [0.25, 0.3) is 0 Å². The molecule has 30 heavy (non-hydrogen) atoms. The molecule has 0 aliphatic heterocycles. The van der Waals surface area contributed by atoms with Crippen molar-refractivity contribution < 1.29 is 31.1 Å². The lowest BCUT2D eigenvalue weighted by molar-refractivity contribution is -0.147. The maximum absolute atomic E-state index is 13.4. The normalized spacial score (nSPS) is 14.3. The molecule has 0 saturated carbocycles. The van der Waals surface area contributed by atoms with Crippen LogP contribution in [0.2, 0.25) is 5.02 Å². The minimum atomic E-state index is -4.81. The first-order valence-corrected chi connectivity index (χ1v) is 10.1. The molecule has 7 nitrogen and oxygen atoms in total. The summed E-state index contributed by atoms with van der Waals surface area (Å²) >= 11 is 6.13. The van der Waals surface area contributed by atoms with Crippen molar-refractivity contribution in [1.82, 2.24) is 9.29 Å². The summed E-state index contributed by atoms with van der Waals surface area (Å²) in [4.78, 5) is -0.615. The predicted molar refractivity (Wildman–Crippen MR) is 101 cm³/mol. The van der Waals surface area contributed by atoms with Gasteiger partial charge in [0.15, 0.2) is 6.23 Å². The van der Waals surface area contributed by atoms with Crippen LogP contribution < -0.4 is 10.0 Å². The van der Waals surface area contributed by atoms with Crippen LogP contribution in [0.5, 0.6) is 0 Å². The number of aliphatic hydroxyl groups is 1. The summed E-state index contributed by atoms with van der Waals surface area (Å²) in [5, 5.41) is 21.4. The molecule has 1 aromatic heterocycles. The Hall–Kier alpha value is -2.33. The van der Waals surface area contributed by atoms with Crippen LogP contribution in [0, 0.1) is 24.1 Å². The number of hydrogen-bond acceptors (Lipinski definition) is 5. The van der Waals surface area contributed by atoms with Crippen LogP contribution in [0.3, 0.4) is 0 Å². The Morgan fingerprint density at radius 2 is 1.93 bits per heavy atom. The number of rotatable bonds is 6. The third kappa shape index (κ3) is 4.70. The van der Waals surface area contributed by atoms with E-state index >= 15 is 0 Å². The Morgan fingerprint density at radius 1 is 1.33 bits per heavy atom. The van der Waals surface area contributed by atoms with Gasteiger partial charge < -0.3 is 15.0 Å². The average molecular weight is 469 g/mol. The summed E-state index contributed by atoms with van der Waals surface area (Å²) in [5.74, 6) is -0.775. The number of aliphatic hydroxyl groups excluding tert-OH is 1. The van der Waals surface area contributed by atoms with E-state index in [1.165, 1.54) is 29.3 Å². The zero-order chi connectivity index (χ0) is 23.0. The van der Waals surface area contributed by atoms with Gasteiger partial charge >= 0.3 is 6.18 Å². The highest BCUT2D eigenvalue weighted by Gasteiger charge is 2.40. The number of alkyl halides is 3. The molecule has 0 aliphatic rings. The fraction of sp³-hybridized carbons (Fsp3) is 0.353. The summed E-state index contributed by atoms with van der Waals surface area (Å²) in [6, 6.07) is 2.60. The first-order valence-electron chi connectivity index (χ1n) is 8.28. The molecule has 0 spiro atoms. The lowest BCUT2D eigenvalue weighted by atomic mass is 10.2. The van der Waals surface area contributed by atoms with Crippen LogP contribution in [-0.4, -0.2) is 30.3 Å². The summed E-state index contributed by atoms with van der Waals surface area (Å²) in [7, 11) is -3.32. The van der Waals surface area contributed by atoms with Gasteiger partial charge in [-0.25, -0.2) is 12.8 Å². The molecule has 1 heterocycles. The maximum atomic E-state index is 13.4. The van der Waals surface area contributed by atoms with Crippen molar-refractivity contribution in [3.8, 4) is 6.07 Å². The third-order valence-electron chi connectivity index (χ3n) is 4.36. The Balaban J connectivity index is 2.43. The first kappa shape index (κ1) is 23.9.